The minimum atomic E-state index is -0.297. The van der Waals surface area contributed by atoms with Crippen LogP contribution in [0.4, 0.5) is 4.39 Å². The van der Waals surface area contributed by atoms with Crippen LogP contribution >= 0.6 is 27.5 Å². The molecule has 5 heteroatoms. The van der Waals surface area contributed by atoms with Crippen molar-refractivity contribution in [3.63, 3.8) is 0 Å². The summed E-state index contributed by atoms with van der Waals surface area (Å²) in [7, 11) is 3.47. The third kappa shape index (κ3) is 3.39. The smallest absolute Gasteiger partial charge is 0.133 e. The van der Waals surface area contributed by atoms with Gasteiger partial charge >= 0.3 is 0 Å². The molecule has 0 saturated carbocycles. The van der Waals surface area contributed by atoms with Gasteiger partial charge in [0.1, 0.15) is 11.6 Å². The van der Waals surface area contributed by atoms with Crippen LogP contribution in [0.2, 0.25) is 5.02 Å². The number of rotatable bonds is 4. The molecule has 2 nitrogen and oxygen atoms in total. The number of hydrogen-bond donors (Lipinski definition) is 1. The Morgan fingerprint density at radius 1 is 1.29 bits per heavy atom. The lowest BCUT2D eigenvalue weighted by atomic mass is 9.97. The van der Waals surface area contributed by atoms with Gasteiger partial charge in [-0.15, -0.1) is 0 Å². The van der Waals surface area contributed by atoms with Crippen molar-refractivity contribution in [1.82, 2.24) is 5.32 Å². The van der Waals surface area contributed by atoms with Crippen LogP contribution in [-0.2, 0) is 0 Å². The highest BCUT2D eigenvalue weighted by Crippen LogP contribution is 2.34. The molecule has 0 amide bonds. The lowest BCUT2D eigenvalue weighted by Gasteiger charge is -2.20. The molecule has 0 heterocycles. The molecule has 0 aromatic heterocycles. The van der Waals surface area contributed by atoms with Crippen LogP contribution in [0.15, 0.2) is 34.8 Å². The quantitative estimate of drug-likeness (QED) is 0.827. The molecule has 2 aromatic carbocycles. The van der Waals surface area contributed by atoms with Crippen molar-refractivity contribution in [3.8, 4) is 5.75 Å². The van der Waals surface area contributed by atoms with Crippen LogP contribution in [0.5, 0.6) is 5.75 Å². The van der Waals surface area contributed by atoms with E-state index in [0.29, 0.717) is 10.6 Å². The molecule has 0 saturated heterocycles. The van der Waals surface area contributed by atoms with Crippen molar-refractivity contribution < 1.29 is 9.13 Å². The lowest BCUT2D eigenvalue weighted by molar-refractivity contribution is 0.412. The fourth-order valence-electron chi connectivity index (χ4n) is 2.26. The number of aryl methyl sites for hydroxylation is 1. The minimum Gasteiger partial charge on any atom is -0.496 e. The summed E-state index contributed by atoms with van der Waals surface area (Å²) in [6.07, 6.45) is 0. The molecule has 1 N–H and O–H groups in total. The Morgan fingerprint density at radius 3 is 2.57 bits per heavy atom. The number of nitrogens with one attached hydrogen (secondary N) is 1. The molecular weight excluding hydrogens is 357 g/mol. The second kappa shape index (κ2) is 6.77. The normalized spacial score (nSPS) is 12.3. The van der Waals surface area contributed by atoms with E-state index in [1.807, 2.05) is 25.2 Å². The van der Waals surface area contributed by atoms with Gasteiger partial charge in [-0.1, -0.05) is 17.7 Å². The van der Waals surface area contributed by atoms with Crippen molar-refractivity contribution in [2.24, 2.45) is 0 Å². The average Bonchev–Trinajstić information content (AvgIpc) is 2.45. The van der Waals surface area contributed by atoms with E-state index in [1.165, 1.54) is 6.07 Å². The third-order valence-electron chi connectivity index (χ3n) is 3.39. The van der Waals surface area contributed by atoms with Gasteiger partial charge in [0.05, 0.1) is 17.6 Å². The summed E-state index contributed by atoms with van der Waals surface area (Å²) in [5.41, 5.74) is 2.43. The Kier molecular flexibility index (Phi) is 5.25. The molecule has 0 radical (unpaired) electrons. The molecular formula is C16H16BrClFNO. The Balaban J connectivity index is 2.49. The van der Waals surface area contributed by atoms with E-state index in [1.54, 1.807) is 20.1 Å². The number of benzene rings is 2. The minimum absolute atomic E-state index is 0.126. The third-order valence-corrected chi connectivity index (χ3v) is 4.33. The molecule has 0 aliphatic rings. The van der Waals surface area contributed by atoms with Gasteiger partial charge in [-0.25, -0.2) is 4.39 Å². The number of halogens is 3. The molecule has 0 aliphatic heterocycles. The second-order valence-electron chi connectivity index (χ2n) is 4.74. The molecule has 2 rings (SSSR count). The Bertz CT molecular complexity index is 663. The van der Waals surface area contributed by atoms with Gasteiger partial charge in [0.25, 0.3) is 0 Å². The molecule has 0 fully saturated rings. The Morgan fingerprint density at radius 2 is 2.00 bits per heavy atom. The van der Waals surface area contributed by atoms with E-state index < -0.39 is 0 Å². The van der Waals surface area contributed by atoms with E-state index in [-0.39, 0.29) is 11.9 Å². The molecule has 112 valence electrons. The second-order valence-corrected chi connectivity index (χ2v) is 6.00. The van der Waals surface area contributed by atoms with Gasteiger partial charge in [-0.3, -0.25) is 0 Å². The first kappa shape index (κ1) is 16.3. The van der Waals surface area contributed by atoms with Crippen molar-refractivity contribution in [3.05, 3.63) is 62.3 Å². The van der Waals surface area contributed by atoms with Gasteiger partial charge < -0.3 is 10.1 Å². The van der Waals surface area contributed by atoms with Crippen LogP contribution in [-0.4, -0.2) is 14.2 Å². The molecule has 2 aromatic rings. The van der Waals surface area contributed by atoms with E-state index in [9.17, 15) is 4.39 Å². The largest absolute Gasteiger partial charge is 0.496 e. The highest BCUT2D eigenvalue weighted by atomic mass is 79.9. The number of ether oxygens (including phenoxy) is 1. The zero-order chi connectivity index (χ0) is 15.6. The summed E-state index contributed by atoms with van der Waals surface area (Å²) in [6.45, 7) is 1.73. The Hall–Kier alpha value is -1.10. The van der Waals surface area contributed by atoms with Crippen LogP contribution in [0.25, 0.3) is 0 Å². The van der Waals surface area contributed by atoms with Crippen molar-refractivity contribution in [2.75, 3.05) is 14.2 Å². The Labute approximate surface area is 137 Å². The number of methoxy groups -OCH3 is 1. The average molecular weight is 373 g/mol. The maximum absolute atomic E-state index is 13.6. The monoisotopic (exact) mass is 371 g/mol. The van der Waals surface area contributed by atoms with Gasteiger partial charge in [0, 0.05) is 5.02 Å². The zero-order valence-electron chi connectivity index (χ0n) is 12.0. The highest BCUT2D eigenvalue weighted by Gasteiger charge is 2.18. The highest BCUT2D eigenvalue weighted by molar-refractivity contribution is 9.10. The van der Waals surface area contributed by atoms with E-state index in [0.717, 1.165) is 21.3 Å². The van der Waals surface area contributed by atoms with Crippen LogP contribution < -0.4 is 10.1 Å². The fraction of sp³-hybridized carbons (Fsp3) is 0.250. The van der Waals surface area contributed by atoms with Crippen LogP contribution in [0.3, 0.4) is 0 Å². The van der Waals surface area contributed by atoms with Crippen LogP contribution in [0.1, 0.15) is 22.7 Å². The fourth-order valence-corrected chi connectivity index (χ4v) is 3.08. The predicted octanol–water partition coefficient (Wildman–Crippen LogP) is 4.87. The molecule has 0 bridgehead atoms. The first-order valence-corrected chi connectivity index (χ1v) is 7.61. The van der Waals surface area contributed by atoms with Crippen LogP contribution in [0, 0.1) is 12.7 Å². The van der Waals surface area contributed by atoms with Crippen molar-refractivity contribution >= 4 is 27.5 Å². The molecule has 21 heavy (non-hydrogen) atoms. The first-order chi connectivity index (χ1) is 9.97. The molecule has 1 atom stereocenters. The maximum Gasteiger partial charge on any atom is 0.133 e. The molecule has 1 unspecified atom stereocenters. The standard InChI is InChI=1S/C16H16BrClFNO/c1-9-6-11(13(18)8-14(9)19)16(20-2)10-4-5-15(21-3)12(17)7-10/h4-8,16,20H,1-3H3. The predicted molar refractivity (Wildman–Crippen MR) is 87.7 cm³/mol. The SMILES string of the molecule is CNC(c1ccc(OC)c(Br)c1)c1cc(C)c(F)cc1Cl. The van der Waals surface area contributed by atoms with E-state index >= 15 is 0 Å². The first-order valence-electron chi connectivity index (χ1n) is 6.44. The van der Waals surface area contributed by atoms with Gasteiger partial charge in [0.15, 0.2) is 0 Å². The summed E-state index contributed by atoms with van der Waals surface area (Å²) >= 11 is 9.68. The van der Waals surface area contributed by atoms with E-state index in [2.05, 4.69) is 21.2 Å². The van der Waals surface area contributed by atoms with Gasteiger partial charge in [-0.05, 0) is 70.9 Å². The van der Waals surface area contributed by atoms with Gasteiger partial charge in [-0.2, -0.15) is 0 Å². The van der Waals surface area contributed by atoms with Gasteiger partial charge in [0.2, 0.25) is 0 Å². The lowest BCUT2D eigenvalue weighted by Crippen LogP contribution is -2.18. The summed E-state index contributed by atoms with van der Waals surface area (Å²) in [5, 5.41) is 3.63. The molecule has 0 aliphatic carbocycles. The van der Waals surface area contributed by atoms with Crippen molar-refractivity contribution in [2.45, 2.75) is 13.0 Å². The summed E-state index contributed by atoms with van der Waals surface area (Å²) in [6, 6.07) is 8.81. The van der Waals surface area contributed by atoms with E-state index in [4.69, 9.17) is 16.3 Å². The summed E-state index contributed by atoms with van der Waals surface area (Å²) < 4.78 is 19.7. The summed E-state index contributed by atoms with van der Waals surface area (Å²) in [5.74, 6) is 0.463. The topological polar surface area (TPSA) is 21.3 Å². The summed E-state index contributed by atoms with van der Waals surface area (Å²) in [4.78, 5) is 0. The maximum atomic E-state index is 13.6. The number of hydrogen-bond acceptors (Lipinski definition) is 2. The van der Waals surface area contributed by atoms with Crippen molar-refractivity contribution in [1.29, 1.82) is 0 Å². The molecule has 0 spiro atoms. The zero-order valence-corrected chi connectivity index (χ0v) is 14.3.